The molecule has 0 aromatic carbocycles. The van der Waals surface area contributed by atoms with Crippen molar-refractivity contribution in [1.82, 2.24) is 34.0 Å². The Bertz CT molecular complexity index is 805. The average molecular weight is 311 g/mol. The van der Waals surface area contributed by atoms with E-state index in [1.165, 1.54) is 18.5 Å². The molecule has 3 aromatic heterocycles. The molecule has 0 amide bonds. The number of aromatic nitrogens is 6. The van der Waals surface area contributed by atoms with Crippen LogP contribution in [0, 0.1) is 13.8 Å². The van der Waals surface area contributed by atoms with E-state index in [9.17, 15) is 0 Å². The van der Waals surface area contributed by atoms with Gasteiger partial charge >= 0.3 is 0 Å². The molecule has 0 bridgehead atoms. The average Bonchev–Trinajstić information content (AvgIpc) is 3.22. The maximum Gasteiger partial charge on any atom is 0.234 e. The van der Waals surface area contributed by atoms with Crippen molar-refractivity contribution in [2.75, 3.05) is 6.54 Å². The fourth-order valence-electron chi connectivity index (χ4n) is 3.46. The predicted molar refractivity (Wildman–Crippen MR) is 85.9 cm³/mol. The van der Waals surface area contributed by atoms with E-state index in [2.05, 4.69) is 43.6 Å². The maximum atomic E-state index is 4.70. The molecule has 23 heavy (non-hydrogen) atoms. The normalized spacial score (nSPS) is 19.0. The number of rotatable bonds is 4. The summed E-state index contributed by atoms with van der Waals surface area (Å²) in [5.41, 5.74) is 3.26. The third kappa shape index (κ3) is 2.84. The Balaban J connectivity index is 1.53. The molecule has 1 aliphatic rings. The minimum Gasteiger partial charge on any atom is -0.293 e. The quantitative estimate of drug-likeness (QED) is 0.732. The monoisotopic (exact) mass is 311 g/mol. The summed E-state index contributed by atoms with van der Waals surface area (Å²) < 4.78 is 3.99. The van der Waals surface area contributed by atoms with Gasteiger partial charge in [-0.25, -0.2) is 15.0 Å². The standard InChI is InChI=1S/C16H21N7/c1-12-6-13(2)23-8-14(20-16(23)19-12)7-21-5-3-4-15(21)9-22-11-17-10-18-22/h6,8,10-11,15H,3-5,7,9H2,1-2H3/t15-/m1/s1. The first-order chi connectivity index (χ1) is 11.2. The molecule has 3 aromatic rings. The second-order valence-electron chi connectivity index (χ2n) is 6.33. The van der Waals surface area contributed by atoms with E-state index in [0.717, 1.165) is 36.8 Å². The van der Waals surface area contributed by atoms with Gasteiger partial charge in [0.15, 0.2) is 0 Å². The van der Waals surface area contributed by atoms with E-state index in [-0.39, 0.29) is 0 Å². The van der Waals surface area contributed by atoms with Crippen LogP contribution in [0.5, 0.6) is 0 Å². The SMILES string of the molecule is Cc1cc(C)n2cc(CN3CCC[C@@H]3Cn3cncn3)nc2n1. The highest BCUT2D eigenvalue weighted by atomic mass is 15.3. The number of hydrogen-bond donors (Lipinski definition) is 0. The largest absolute Gasteiger partial charge is 0.293 e. The summed E-state index contributed by atoms with van der Waals surface area (Å²) >= 11 is 0. The molecular weight excluding hydrogens is 290 g/mol. The number of aryl methyl sites for hydroxylation is 2. The van der Waals surface area contributed by atoms with Gasteiger partial charge in [0.25, 0.3) is 0 Å². The molecule has 0 aliphatic carbocycles. The van der Waals surface area contributed by atoms with Gasteiger partial charge in [0.05, 0.1) is 12.2 Å². The van der Waals surface area contributed by atoms with E-state index in [4.69, 9.17) is 4.98 Å². The lowest BCUT2D eigenvalue weighted by Crippen LogP contribution is -2.32. The topological polar surface area (TPSA) is 64.1 Å². The molecule has 1 atom stereocenters. The van der Waals surface area contributed by atoms with Crippen molar-refractivity contribution in [2.24, 2.45) is 0 Å². The van der Waals surface area contributed by atoms with E-state index < -0.39 is 0 Å². The zero-order chi connectivity index (χ0) is 15.8. The van der Waals surface area contributed by atoms with Crippen LogP contribution in [0.1, 0.15) is 29.9 Å². The zero-order valence-corrected chi connectivity index (χ0v) is 13.6. The summed E-state index contributed by atoms with van der Waals surface area (Å²) in [5, 5.41) is 4.23. The third-order valence-electron chi connectivity index (χ3n) is 4.54. The van der Waals surface area contributed by atoms with Gasteiger partial charge in [0.1, 0.15) is 12.7 Å². The van der Waals surface area contributed by atoms with E-state index in [0.29, 0.717) is 6.04 Å². The molecule has 0 saturated carbocycles. The molecule has 7 heteroatoms. The van der Waals surface area contributed by atoms with Gasteiger partial charge < -0.3 is 0 Å². The molecule has 1 saturated heterocycles. The fourth-order valence-corrected chi connectivity index (χ4v) is 3.46. The first kappa shape index (κ1) is 14.3. The number of imidazole rings is 1. The van der Waals surface area contributed by atoms with Gasteiger partial charge in [-0.05, 0) is 39.3 Å². The van der Waals surface area contributed by atoms with Gasteiger partial charge in [-0.3, -0.25) is 14.0 Å². The Morgan fingerprint density at radius 3 is 3.00 bits per heavy atom. The summed E-state index contributed by atoms with van der Waals surface area (Å²) in [7, 11) is 0. The smallest absolute Gasteiger partial charge is 0.234 e. The van der Waals surface area contributed by atoms with E-state index in [1.54, 1.807) is 12.7 Å². The Hall–Kier alpha value is -2.28. The molecule has 0 spiro atoms. The van der Waals surface area contributed by atoms with Crippen molar-refractivity contribution in [3.8, 4) is 0 Å². The van der Waals surface area contributed by atoms with Crippen molar-refractivity contribution in [1.29, 1.82) is 0 Å². The van der Waals surface area contributed by atoms with Crippen LogP contribution in [0.2, 0.25) is 0 Å². The van der Waals surface area contributed by atoms with E-state index >= 15 is 0 Å². The summed E-state index contributed by atoms with van der Waals surface area (Å²) in [6, 6.07) is 2.58. The highest BCUT2D eigenvalue weighted by Crippen LogP contribution is 2.21. The van der Waals surface area contributed by atoms with Gasteiger partial charge in [0.2, 0.25) is 5.78 Å². The van der Waals surface area contributed by atoms with Crippen molar-refractivity contribution in [3.63, 3.8) is 0 Å². The molecule has 0 radical (unpaired) electrons. The molecular formula is C16H21N7. The Kier molecular flexibility index (Phi) is 3.57. The lowest BCUT2D eigenvalue weighted by molar-refractivity contribution is 0.217. The summed E-state index contributed by atoms with van der Waals surface area (Å²) in [6.07, 6.45) is 7.92. The second-order valence-corrected chi connectivity index (χ2v) is 6.33. The molecule has 0 unspecified atom stereocenters. The lowest BCUT2D eigenvalue weighted by Gasteiger charge is -2.23. The molecule has 4 heterocycles. The van der Waals surface area contributed by atoms with Crippen LogP contribution in [0.4, 0.5) is 0 Å². The summed E-state index contributed by atoms with van der Waals surface area (Å²) in [4.78, 5) is 15.7. The third-order valence-corrected chi connectivity index (χ3v) is 4.54. The van der Waals surface area contributed by atoms with Gasteiger partial charge in [0, 0.05) is 30.2 Å². The van der Waals surface area contributed by atoms with Crippen LogP contribution < -0.4 is 0 Å². The van der Waals surface area contributed by atoms with Gasteiger partial charge in [-0.2, -0.15) is 5.10 Å². The first-order valence-electron chi connectivity index (χ1n) is 8.08. The number of fused-ring (bicyclic) bond motifs is 1. The fraction of sp³-hybridized carbons (Fsp3) is 0.500. The van der Waals surface area contributed by atoms with Crippen molar-refractivity contribution >= 4 is 5.78 Å². The maximum absolute atomic E-state index is 4.70. The highest BCUT2D eigenvalue weighted by Gasteiger charge is 2.26. The second kappa shape index (κ2) is 5.73. The van der Waals surface area contributed by atoms with Crippen molar-refractivity contribution < 1.29 is 0 Å². The van der Waals surface area contributed by atoms with Gasteiger partial charge in [-0.15, -0.1) is 0 Å². The van der Waals surface area contributed by atoms with E-state index in [1.807, 2.05) is 11.6 Å². The number of likely N-dealkylation sites (tertiary alicyclic amines) is 1. The predicted octanol–water partition coefficient (Wildman–Crippen LogP) is 1.60. The molecule has 120 valence electrons. The summed E-state index contributed by atoms with van der Waals surface area (Å²) in [6.45, 7) is 6.97. The zero-order valence-electron chi connectivity index (χ0n) is 13.6. The van der Waals surface area contributed by atoms with Crippen LogP contribution in [-0.4, -0.2) is 46.6 Å². The Morgan fingerprint density at radius 1 is 1.26 bits per heavy atom. The summed E-state index contributed by atoms with van der Waals surface area (Å²) in [5.74, 6) is 0.796. The molecule has 1 aliphatic heterocycles. The molecule has 4 rings (SSSR count). The molecule has 7 nitrogen and oxygen atoms in total. The van der Waals surface area contributed by atoms with Crippen molar-refractivity contribution in [2.45, 2.75) is 45.8 Å². The van der Waals surface area contributed by atoms with Crippen LogP contribution in [0.15, 0.2) is 24.9 Å². The first-order valence-corrected chi connectivity index (χ1v) is 8.08. The minimum absolute atomic E-state index is 0.498. The van der Waals surface area contributed by atoms with Crippen LogP contribution in [0.25, 0.3) is 5.78 Å². The number of nitrogens with zero attached hydrogens (tertiary/aromatic N) is 7. The lowest BCUT2D eigenvalue weighted by atomic mass is 10.2. The van der Waals surface area contributed by atoms with Crippen molar-refractivity contribution in [3.05, 3.63) is 42.0 Å². The van der Waals surface area contributed by atoms with Gasteiger partial charge in [-0.1, -0.05) is 0 Å². The Labute approximate surface area is 135 Å². The molecule has 1 fully saturated rings. The van der Waals surface area contributed by atoms with Crippen LogP contribution in [-0.2, 0) is 13.1 Å². The van der Waals surface area contributed by atoms with Crippen LogP contribution >= 0.6 is 0 Å². The molecule has 0 N–H and O–H groups in total. The number of hydrogen-bond acceptors (Lipinski definition) is 5. The highest BCUT2D eigenvalue weighted by molar-refractivity contribution is 5.34. The van der Waals surface area contributed by atoms with Crippen LogP contribution in [0.3, 0.4) is 0 Å². The minimum atomic E-state index is 0.498. The Morgan fingerprint density at radius 2 is 2.17 bits per heavy atom.